The Morgan fingerprint density at radius 2 is 2.04 bits per heavy atom. The van der Waals surface area contributed by atoms with E-state index in [1.54, 1.807) is 6.07 Å². The Morgan fingerprint density at radius 1 is 1.35 bits per heavy atom. The highest BCUT2D eigenvalue weighted by molar-refractivity contribution is 6.42. The van der Waals surface area contributed by atoms with Crippen LogP contribution in [0.5, 0.6) is 0 Å². The third-order valence-corrected chi connectivity index (χ3v) is 4.89. The van der Waals surface area contributed by atoms with Gasteiger partial charge in [-0.2, -0.15) is 0 Å². The van der Waals surface area contributed by atoms with Crippen LogP contribution in [0.25, 0.3) is 0 Å². The quantitative estimate of drug-likeness (QED) is 0.847. The predicted octanol–water partition coefficient (Wildman–Crippen LogP) is 3.36. The van der Waals surface area contributed by atoms with E-state index in [2.05, 4.69) is 5.32 Å². The third kappa shape index (κ3) is 5.35. The summed E-state index contributed by atoms with van der Waals surface area (Å²) in [5.41, 5.74) is 1.01. The molecule has 0 aromatic heterocycles. The molecule has 1 amide bonds. The second kappa shape index (κ2) is 8.88. The number of hydrogen-bond acceptors (Lipinski definition) is 3. The summed E-state index contributed by atoms with van der Waals surface area (Å²) in [5.74, 6) is 0.246. The van der Waals surface area contributed by atoms with Crippen LogP contribution < -0.4 is 5.32 Å². The van der Waals surface area contributed by atoms with Crippen molar-refractivity contribution in [1.29, 1.82) is 0 Å². The van der Waals surface area contributed by atoms with Gasteiger partial charge in [0.25, 0.3) is 0 Å². The molecule has 1 aromatic carbocycles. The molecular weight excluding hydrogens is 335 g/mol. The van der Waals surface area contributed by atoms with Crippen LogP contribution in [0.3, 0.4) is 0 Å². The zero-order valence-corrected chi connectivity index (χ0v) is 15.2. The number of nitrogens with one attached hydrogen (secondary N) is 1. The van der Waals surface area contributed by atoms with Crippen LogP contribution in [-0.2, 0) is 16.1 Å². The molecule has 0 radical (unpaired) electrons. The maximum Gasteiger partial charge on any atom is 0.226 e. The first-order chi connectivity index (χ1) is 11.0. The van der Waals surface area contributed by atoms with Crippen LogP contribution in [0.1, 0.15) is 25.3 Å². The van der Waals surface area contributed by atoms with E-state index in [9.17, 15) is 4.79 Å². The normalized spacial score (nSPS) is 17.3. The predicted molar refractivity (Wildman–Crippen MR) is 93.9 cm³/mol. The lowest BCUT2D eigenvalue weighted by atomic mass is 10.0. The number of nitrogens with zero attached hydrogens (tertiary/aromatic N) is 1. The van der Waals surface area contributed by atoms with Crippen molar-refractivity contribution in [1.82, 2.24) is 10.2 Å². The van der Waals surface area contributed by atoms with E-state index in [1.165, 1.54) is 0 Å². The van der Waals surface area contributed by atoms with Crippen molar-refractivity contribution in [2.75, 3.05) is 26.7 Å². The van der Waals surface area contributed by atoms with Gasteiger partial charge < -0.3 is 15.0 Å². The van der Waals surface area contributed by atoms with Crippen LogP contribution in [0.15, 0.2) is 18.2 Å². The van der Waals surface area contributed by atoms with E-state index < -0.39 is 0 Å². The molecule has 1 unspecified atom stereocenters. The van der Waals surface area contributed by atoms with Gasteiger partial charge >= 0.3 is 0 Å². The van der Waals surface area contributed by atoms with Gasteiger partial charge in [0.2, 0.25) is 5.91 Å². The SMILES string of the molecule is CNCC(C)C(=O)N1CCC(OCc2ccc(Cl)c(Cl)c2)CC1. The van der Waals surface area contributed by atoms with Gasteiger partial charge in [-0.25, -0.2) is 0 Å². The summed E-state index contributed by atoms with van der Waals surface area (Å²) in [6, 6.07) is 5.54. The van der Waals surface area contributed by atoms with E-state index in [-0.39, 0.29) is 17.9 Å². The Kier molecular flexibility index (Phi) is 7.15. The van der Waals surface area contributed by atoms with Gasteiger partial charge in [0, 0.05) is 25.6 Å². The molecule has 1 aliphatic heterocycles. The first-order valence-electron chi connectivity index (χ1n) is 8.00. The maximum atomic E-state index is 12.3. The number of halogens is 2. The minimum Gasteiger partial charge on any atom is -0.373 e. The first kappa shape index (κ1) is 18.5. The van der Waals surface area contributed by atoms with Crippen molar-refractivity contribution in [3.63, 3.8) is 0 Å². The number of amides is 1. The number of ether oxygens (including phenoxy) is 1. The average molecular weight is 359 g/mol. The molecule has 0 bridgehead atoms. The fourth-order valence-electron chi connectivity index (χ4n) is 2.79. The molecule has 1 aromatic rings. The smallest absolute Gasteiger partial charge is 0.226 e. The van der Waals surface area contributed by atoms with E-state index in [1.807, 2.05) is 31.0 Å². The standard InChI is InChI=1S/C17H24Cl2N2O2/c1-12(10-20-2)17(22)21-7-5-14(6-8-21)23-11-13-3-4-15(18)16(19)9-13/h3-4,9,12,14,20H,5-8,10-11H2,1-2H3. The summed E-state index contributed by atoms with van der Waals surface area (Å²) in [6.07, 6.45) is 1.94. The van der Waals surface area contributed by atoms with Crippen molar-refractivity contribution in [2.24, 2.45) is 5.92 Å². The number of rotatable bonds is 6. The van der Waals surface area contributed by atoms with Gasteiger partial charge in [-0.05, 0) is 37.6 Å². The lowest BCUT2D eigenvalue weighted by Gasteiger charge is -2.33. The number of likely N-dealkylation sites (tertiary alicyclic amines) is 1. The number of benzene rings is 1. The summed E-state index contributed by atoms with van der Waals surface area (Å²) >= 11 is 11.9. The van der Waals surface area contributed by atoms with Gasteiger partial charge in [-0.1, -0.05) is 36.2 Å². The number of piperidine rings is 1. The topological polar surface area (TPSA) is 41.6 Å². The Morgan fingerprint density at radius 3 is 2.65 bits per heavy atom. The highest BCUT2D eigenvalue weighted by Gasteiger charge is 2.26. The van der Waals surface area contributed by atoms with E-state index in [4.69, 9.17) is 27.9 Å². The molecule has 23 heavy (non-hydrogen) atoms. The fraction of sp³-hybridized carbons (Fsp3) is 0.588. The highest BCUT2D eigenvalue weighted by atomic mass is 35.5. The summed E-state index contributed by atoms with van der Waals surface area (Å²) in [4.78, 5) is 14.2. The minimum absolute atomic E-state index is 0.0219. The van der Waals surface area contributed by atoms with Crippen molar-refractivity contribution in [2.45, 2.75) is 32.5 Å². The molecule has 128 valence electrons. The van der Waals surface area contributed by atoms with Gasteiger partial charge in [0.15, 0.2) is 0 Å². The van der Waals surface area contributed by atoms with E-state index in [0.29, 0.717) is 23.2 Å². The molecule has 1 N–H and O–H groups in total. The summed E-state index contributed by atoms with van der Waals surface area (Å²) in [5, 5.41) is 4.15. The van der Waals surface area contributed by atoms with Gasteiger partial charge in [0.05, 0.1) is 22.8 Å². The average Bonchev–Trinajstić information content (AvgIpc) is 2.56. The summed E-state index contributed by atoms with van der Waals surface area (Å²) in [7, 11) is 1.87. The van der Waals surface area contributed by atoms with Gasteiger partial charge in [-0.15, -0.1) is 0 Å². The van der Waals surface area contributed by atoms with Crippen LogP contribution in [-0.4, -0.2) is 43.6 Å². The van der Waals surface area contributed by atoms with E-state index in [0.717, 1.165) is 31.5 Å². The molecule has 4 nitrogen and oxygen atoms in total. The van der Waals surface area contributed by atoms with Gasteiger partial charge in [-0.3, -0.25) is 4.79 Å². The molecule has 0 saturated carbocycles. The van der Waals surface area contributed by atoms with Gasteiger partial charge in [0.1, 0.15) is 0 Å². The van der Waals surface area contributed by atoms with Crippen molar-refractivity contribution in [3.05, 3.63) is 33.8 Å². The fourth-order valence-corrected chi connectivity index (χ4v) is 3.11. The second-order valence-corrected chi connectivity index (χ2v) is 6.86. The maximum absolute atomic E-state index is 12.3. The summed E-state index contributed by atoms with van der Waals surface area (Å²) in [6.45, 7) is 4.72. The van der Waals surface area contributed by atoms with Crippen molar-refractivity contribution in [3.8, 4) is 0 Å². The Labute approximate surface area is 148 Å². The largest absolute Gasteiger partial charge is 0.373 e. The van der Waals surface area contributed by atoms with Crippen LogP contribution in [0, 0.1) is 5.92 Å². The molecular formula is C17H24Cl2N2O2. The number of hydrogen-bond donors (Lipinski definition) is 1. The lowest BCUT2D eigenvalue weighted by molar-refractivity contribution is -0.137. The number of carbonyl (C=O) groups excluding carboxylic acids is 1. The number of carbonyl (C=O) groups is 1. The lowest BCUT2D eigenvalue weighted by Crippen LogP contribution is -2.44. The summed E-state index contributed by atoms with van der Waals surface area (Å²) < 4.78 is 5.95. The molecule has 6 heteroatoms. The minimum atomic E-state index is 0.0219. The Bertz CT molecular complexity index is 531. The monoisotopic (exact) mass is 358 g/mol. The zero-order valence-electron chi connectivity index (χ0n) is 13.6. The molecule has 1 aliphatic rings. The second-order valence-electron chi connectivity index (χ2n) is 6.04. The molecule has 2 rings (SSSR count). The Balaban J connectivity index is 1.76. The molecule has 1 fully saturated rings. The van der Waals surface area contributed by atoms with Crippen LogP contribution >= 0.6 is 23.2 Å². The molecule has 1 atom stereocenters. The zero-order chi connectivity index (χ0) is 16.8. The van der Waals surface area contributed by atoms with Crippen molar-refractivity contribution < 1.29 is 9.53 Å². The van der Waals surface area contributed by atoms with Crippen LogP contribution in [0.2, 0.25) is 10.0 Å². The van der Waals surface area contributed by atoms with Crippen molar-refractivity contribution >= 4 is 29.1 Å². The Hall–Kier alpha value is -0.810. The highest BCUT2D eigenvalue weighted by Crippen LogP contribution is 2.24. The molecule has 1 saturated heterocycles. The first-order valence-corrected chi connectivity index (χ1v) is 8.75. The molecule has 0 spiro atoms. The van der Waals surface area contributed by atoms with Crippen LogP contribution in [0.4, 0.5) is 0 Å². The third-order valence-electron chi connectivity index (χ3n) is 4.16. The molecule has 0 aliphatic carbocycles. The van der Waals surface area contributed by atoms with E-state index >= 15 is 0 Å². The molecule has 1 heterocycles.